The number of hydrogen-bond acceptors (Lipinski definition) is 3. The number of hydrogen-bond donors (Lipinski definition) is 0. The van der Waals surface area contributed by atoms with Gasteiger partial charge in [0.05, 0.1) is 0 Å². The molecule has 0 amide bonds. The highest BCUT2D eigenvalue weighted by atomic mass is 79.9. The second-order valence-corrected chi connectivity index (χ2v) is 4.24. The molecule has 0 aromatic heterocycles. The Morgan fingerprint density at radius 3 is 2.60 bits per heavy atom. The molecule has 1 aliphatic rings. The van der Waals surface area contributed by atoms with E-state index in [9.17, 15) is 4.79 Å². The summed E-state index contributed by atoms with van der Waals surface area (Å²) in [5.41, 5.74) is 1.12. The van der Waals surface area contributed by atoms with Crippen molar-refractivity contribution in [3.63, 3.8) is 0 Å². The minimum absolute atomic E-state index is 0.00150. The Morgan fingerprint density at radius 2 is 1.93 bits per heavy atom. The van der Waals surface area contributed by atoms with Gasteiger partial charge < -0.3 is 9.47 Å². The highest BCUT2D eigenvalue weighted by molar-refractivity contribution is 9.10. The lowest BCUT2D eigenvalue weighted by Crippen LogP contribution is -2.33. The first kappa shape index (κ1) is 10.8. The van der Waals surface area contributed by atoms with Gasteiger partial charge in [-0.15, -0.1) is 0 Å². The van der Waals surface area contributed by atoms with Gasteiger partial charge in [0.1, 0.15) is 13.2 Å². The van der Waals surface area contributed by atoms with Crippen molar-refractivity contribution >= 4 is 21.7 Å². The van der Waals surface area contributed by atoms with Gasteiger partial charge in [0.2, 0.25) is 0 Å². The average molecular weight is 271 g/mol. The second-order valence-electron chi connectivity index (χ2n) is 3.39. The summed E-state index contributed by atoms with van der Waals surface area (Å²) in [5, 5.41) is 0. The smallest absolute Gasteiger partial charge is 0.184 e. The van der Waals surface area contributed by atoms with E-state index in [0.29, 0.717) is 6.42 Å². The molecule has 1 aromatic rings. The van der Waals surface area contributed by atoms with Crippen molar-refractivity contribution in [1.82, 2.24) is 0 Å². The Kier molecular flexibility index (Phi) is 3.51. The maximum atomic E-state index is 10.9. The lowest BCUT2D eigenvalue weighted by molar-refractivity contribution is -0.185. The molecule has 2 rings (SSSR count). The van der Waals surface area contributed by atoms with Crippen LogP contribution in [0.3, 0.4) is 0 Å². The highest BCUT2D eigenvalue weighted by Gasteiger charge is 2.20. The van der Waals surface area contributed by atoms with Crippen LogP contribution in [0.15, 0.2) is 28.7 Å². The molecule has 0 saturated carbocycles. The van der Waals surface area contributed by atoms with E-state index in [1.54, 1.807) is 0 Å². The van der Waals surface area contributed by atoms with Gasteiger partial charge in [-0.3, -0.25) is 4.79 Å². The minimum Gasteiger partial charge on any atom is -0.344 e. The van der Waals surface area contributed by atoms with Crippen molar-refractivity contribution in [1.29, 1.82) is 0 Å². The monoisotopic (exact) mass is 270 g/mol. The predicted molar refractivity (Wildman–Crippen MR) is 58.5 cm³/mol. The zero-order valence-corrected chi connectivity index (χ0v) is 9.70. The first-order valence-electron chi connectivity index (χ1n) is 4.74. The molecule has 0 unspecified atom stereocenters. The van der Waals surface area contributed by atoms with E-state index in [2.05, 4.69) is 15.9 Å². The topological polar surface area (TPSA) is 35.5 Å². The van der Waals surface area contributed by atoms with E-state index in [-0.39, 0.29) is 25.3 Å². The predicted octanol–water partition coefficient (Wildman–Crippen LogP) is 1.93. The third kappa shape index (κ3) is 2.87. The molecule has 0 radical (unpaired) electrons. The van der Waals surface area contributed by atoms with Crippen LogP contribution in [0.5, 0.6) is 0 Å². The van der Waals surface area contributed by atoms with Gasteiger partial charge in [-0.25, -0.2) is 0 Å². The quantitative estimate of drug-likeness (QED) is 0.824. The molecule has 1 aromatic carbocycles. The number of carbonyl (C=O) groups excluding carboxylic acids is 1. The molecule has 3 nitrogen and oxygen atoms in total. The first-order chi connectivity index (χ1) is 7.25. The summed E-state index contributed by atoms with van der Waals surface area (Å²) >= 11 is 3.46. The van der Waals surface area contributed by atoms with Crippen LogP contribution in [0.1, 0.15) is 5.56 Å². The molecule has 0 spiro atoms. The normalized spacial score (nSPS) is 18.1. The van der Waals surface area contributed by atoms with Crippen LogP contribution < -0.4 is 0 Å². The zero-order valence-electron chi connectivity index (χ0n) is 8.11. The fourth-order valence-electron chi connectivity index (χ4n) is 1.42. The van der Waals surface area contributed by atoms with E-state index in [0.717, 1.165) is 10.0 Å². The number of benzene rings is 1. The Balaban J connectivity index is 1.97. The number of rotatable bonds is 2. The molecule has 1 saturated heterocycles. The zero-order chi connectivity index (χ0) is 10.7. The van der Waals surface area contributed by atoms with Crippen LogP contribution in [0.2, 0.25) is 0 Å². The maximum absolute atomic E-state index is 10.9. The molecular weight excluding hydrogens is 260 g/mol. The minimum atomic E-state index is -0.304. The Bertz CT molecular complexity index is 355. The summed E-state index contributed by atoms with van der Waals surface area (Å²) in [6.45, 7) is 0.324. The van der Waals surface area contributed by atoms with Crippen LogP contribution in [0.25, 0.3) is 0 Å². The van der Waals surface area contributed by atoms with Gasteiger partial charge in [0.15, 0.2) is 12.1 Å². The lowest BCUT2D eigenvalue weighted by atomic mass is 10.1. The standard InChI is InChI=1S/C11H11BrO3/c12-10-4-2-1-3-8(10)5-11-14-6-9(13)7-15-11/h1-4,11H,5-7H2. The van der Waals surface area contributed by atoms with Crippen LogP contribution in [0, 0.1) is 0 Å². The Labute approximate surface area is 96.5 Å². The average Bonchev–Trinajstić information content (AvgIpc) is 2.25. The molecule has 80 valence electrons. The molecule has 0 atom stereocenters. The van der Waals surface area contributed by atoms with E-state index in [1.165, 1.54) is 0 Å². The molecule has 0 bridgehead atoms. The molecule has 15 heavy (non-hydrogen) atoms. The van der Waals surface area contributed by atoms with E-state index >= 15 is 0 Å². The van der Waals surface area contributed by atoms with Gasteiger partial charge in [0, 0.05) is 10.9 Å². The van der Waals surface area contributed by atoms with Gasteiger partial charge in [0.25, 0.3) is 0 Å². The van der Waals surface area contributed by atoms with Gasteiger partial charge >= 0.3 is 0 Å². The van der Waals surface area contributed by atoms with Gasteiger partial charge in [-0.05, 0) is 11.6 Å². The van der Waals surface area contributed by atoms with E-state index in [1.807, 2.05) is 24.3 Å². The largest absolute Gasteiger partial charge is 0.344 e. The van der Waals surface area contributed by atoms with E-state index in [4.69, 9.17) is 9.47 Å². The summed E-state index contributed by atoms with van der Waals surface area (Å²) in [4.78, 5) is 10.9. The van der Waals surface area contributed by atoms with Crippen LogP contribution >= 0.6 is 15.9 Å². The molecule has 1 fully saturated rings. The molecule has 4 heteroatoms. The summed E-state index contributed by atoms with van der Waals surface area (Å²) in [6.07, 6.45) is 0.357. The third-order valence-electron chi connectivity index (χ3n) is 2.20. The Hall–Kier alpha value is -0.710. The maximum Gasteiger partial charge on any atom is 0.184 e. The SMILES string of the molecule is O=C1COC(Cc2ccccc2Br)OC1. The number of halogens is 1. The van der Waals surface area contributed by atoms with Crippen molar-refractivity contribution in [2.24, 2.45) is 0 Å². The van der Waals surface area contributed by atoms with Crippen molar-refractivity contribution in [2.45, 2.75) is 12.7 Å². The number of carbonyl (C=O) groups is 1. The number of Topliss-reactive ketones (excluding diaryl/α,β-unsaturated/α-hetero) is 1. The molecule has 1 aliphatic heterocycles. The molecule has 1 heterocycles. The van der Waals surface area contributed by atoms with Gasteiger partial charge in [-0.2, -0.15) is 0 Å². The summed E-state index contributed by atoms with van der Waals surface area (Å²) in [6, 6.07) is 7.91. The second kappa shape index (κ2) is 4.88. The summed E-state index contributed by atoms with van der Waals surface area (Å²) in [5.74, 6) is -0.00150. The number of ketones is 1. The van der Waals surface area contributed by atoms with Crippen molar-refractivity contribution in [2.75, 3.05) is 13.2 Å². The van der Waals surface area contributed by atoms with Crippen LogP contribution in [-0.2, 0) is 20.7 Å². The number of ether oxygens (including phenoxy) is 2. The highest BCUT2D eigenvalue weighted by Crippen LogP contribution is 2.19. The Morgan fingerprint density at radius 1 is 1.27 bits per heavy atom. The van der Waals surface area contributed by atoms with E-state index < -0.39 is 0 Å². The fourth-order valence-corrected chi connectivity index (χ4v) is 1.87. The molecule has 0 N–H and O–H groups in total. The fraction of sp³-hybridized carbons (Fsp3) is 0.364. The molecule has 0 aliphatic carbocycles. The summed E-state index contributed by atoms with van der Waals surface area (Å²) < 4.78 is 11.5. The van der Waals surface area contributed by atoms with Crippen LogP contribution in [0.4, 0.5) is 0 Å². The van der Waals surface area contributed by atoms with Crippen molar-refractivity contribution < 1.29 is 14.3 Å². The van der Waals surface area contributed by atoms with Crippen LogP contribution in [-0.4, -0.2) is 25.3 Å². The van der Waals surface area contributed by atoms with Gasteiger partial charge in [-0.1, -0.05) is 34.1 Å². The molecular formula is C11H11BrO3. The summed E-state index contributed by atoms with van der Waals surface area (Å²) in [7, 11) is 0. The third-order valence-corrected chi connectivity index (χ3v) is 2.98. The lowest BCUT2D eigenvalue weighted by Gasteiger charge is -2.22. The van der Waals surface area contributed by atoms with Crippen molar-refractivity contribution in [3.8, 4) is 0 Å². The van der Waals surface area contributed by atoms with Crippen molar-refractivity contribution in [3.05, 3.63) is 34.3 Å². The first-order valence-corrected chi connectivity index (χ1v) is 5.53.